The Morgan fingerprint density at radius 2 is 1.94 bits per heavy atom. The minimum Gasteiger partial charge on any atom is -0.475 e. The Morgan fingerprint density at radius 1 is 1.12 bits per heavy atom. The maximum absolute atomic E-state index is 12.2. The molecule has 1 amide bonds. The summed E-state index contributed by atoms with van der Waals surface area (Å²) in [6.07, 6.45) is 3.03. The molecule has 0 unspecified atom stereocenters. The summed E-state index contributed by atoms with van der Waals surface area (Å²) in [7, 11) is 1.60. The molecule has 0 saturated carbocycles. The van der Waals surface area contributed by atoms with Crippen LogP contribution in [0.1, 0.15) is 39.3 Å². The van der Waals surface area contributed by atoms with Crippen molar-refractivity contribution in [2.24, 2.45) is 0 Å². The lowest BCUT2D eigenvalue weighted by Gasteiger charge is -2.16. The third kappa shape index (κ3) is 4.96. The molecule has 0 aliphatic carbocycles. The second-order valence-corrected chi connectivity index (χ2v) is 7.22. The van der Waals surface area contributed by atoms with Crippen LogP contribution in [-0.2, 0) is 0 Å². The highest BCUT2D eigenvalue weighted by Crippen LogP contribution is 2.27. The predicted octanol–water partition coefficient (Wildman–Crippen LogP) is 3.67. The first-order valence-electron chi connectivity index (χ1n) is 9.97. The van der Waals surface area contributed by atoms with E-state index in [2.05, 4.69) is 32.5 Å². The molecule has 4 aromatic rings. The molecule has 170 valence electrons. The van der Waals surface area contributed by atoms with Crippen molar-refractivity contribution in [1.29, 1.82) is 0 Å². The zero-order chi connectivity index (χ0) is 22.7. The average Bonchev–Trinajstić information content (AvgIpc) is 3.32. The van der Waals surface area contributed by atoms with Gasteiger partial charge in [0.25, 0.3) is 5.91 Å². The number of pyridine rings is 1. The van der Waals surface area contributed by atoms with Crippen LogP contribution in [0.5, 0.6) is 0 Å². The van der Waals surface area contributed by atoms with Crippen LogP contribution in [0.3, 0.4) is 0 Å². The van der Waals surface area contributed by atoms with E-state index >= 15 is 0 Å². The normalized spacial score (nSPS) is 11.5. The van der Waals surface area contributed by atoms with E-state index in [9.17, 15) is 9.59 Å². The molecule has 0 radical (unpaired) electrons. The molecule has 0 aliphatic rings. The highest BCUT2D eigenvalue weighted by molar-refractivity contribution is 7.59. The monoisotopic (exact) mass is 465 g/mol. The molecule has 9 nitrogen and oxygen atoms in total. The molecule has 3 N–H and O–H groups in total. The highest BCUT2D eigenvalue weighted by Gasteiger charge is 2.16. The van der Waals surface area contributed by atoms with Gasteiger partial charge in [-0.05, 0) is 23.8 Å². The number of anilines is 1. The fraction of sp³-hybridized carbons (Fsp3) is 0.174. The first kappa shape index (κ1) is 23.7. The SMILES string of the molecule is CNC(=O)c1ccnc2c([C@H](C)CNc3cc(-c4ccc(C(=O)O)o4)ncn3)cccc12.S. The van der Waals surface area contributed by atoms with E-state index in [1.807, 2.05) is 18.2 Å². The zero-order valence-electron chi connectivity index (χ0n) is 18.0. The smallest absolute Gasteiger partial charge is 0.371 e. The summed E-state index contributed by atoms with van der Waals surface area (Å²) >= 11 is 0. The van der Waals surface area contributed by atoms with Gasteiger partial charge in [0.05, 0.1) is 11.1 Å². The van der Waals surface area contributed by atoms with Crippen molar-refractivity contribution in [3.05, 3.63) is 71.9 Å². The summed E-state index contributed by atoms with van der Waals surface area (Å²) in [5, 5.41) is 15.8. The average molecular weight is 466 g/mol. The molecule has 0 fully saturated rings. The van der Waals surface area contributed by atoms with Gasteiger partial charge in [0.1, 0.15) is 17.8 Å². The number of furan rings is 1. The van der Waals surface area contributed by atoms with Gasteiger partial charge < -0.3 is 20.2 Å². The number of rotatable bonds is 7. The van der Waals surface area contributed by atoms with Crippen molar-refractivity contribution in [2.75, 3.05) is 18.9 Å². The molecule has 0 aliphatic heterocycles. The number of carbonyl (C=O) groups excluding carboxylic acids is 1. The Labute approximate surface area is 196 Å². The van der Waals surface area contributed by atoms with Crippen molar-refractivity contribution in [3.8, 4) is 11.5 Å². The van der Waals surface area contributed by atoms with Gasteiger partial charge in [-0.1, -0.05) is 25.1 Å². The standard InChI is InChI=1S/C23H21N5O4.H2S/c1-13(14-4-3-5-15-16(22(29)24-2)8-9-25-21(14)15)11-26-20-10-17(27-12-28-20)18-6-7-19(32-18)23(30)31;/h3-10,12-13H,11H2,1-2H3,(H,24,29)(H,30,31)(H,26,27,28);1H2/t13-;/m1./s1. The number of hydrogen-bond donors (Lipinski definition) is 3. The first-order valence-corrected chi connectivity index (χ1v) is 9.97. The van der Waals surface area contributed by atoms with Crippen LogP contribution < -0.4 is 10.6 Å². The van der Waals surface area contributed by atoms with Gasteiger partial charge in [0.2, 0.25) is 5.76 Å². The van der Waals surface area contributed by atoms with Crippen molar-refractivity contribution in [3.63, 3.8) is 0 Å². The summed E-state index contributed by atoms with van der Waals surface area (Å²) in [4.78, 5) is 36.1. The lowest BCUT2D eigenvalue weighted by molar-refractivity contribution is 0.0663. The molecule has 1 atom stereocenters. The van der Waals surface area contributed by atoms with Gasteiger partial charge in [-0.2, -0.15) is 13.5 Å². The highest BCUT2D eigenvalue weighted by atomic mass is 32.1. The van der Waals surface area contributed by atoms with E-state index in [0.717, 1.165) is 16.5 Å². The largest absolute Gasteiger partial charge is 0.475 e. The molecule has 3 heterocycles. The molecule has 4 rings (SSSR count). The fourth-order valence-electron chi connectivity index (χ4n) is 3.48. The van der Waals surface area contributed by atoms with Gasteiger partial charge in [-0.25, -0.2) is 14.8 Å². The number of para-hydroxylation sites is 1. The van der Waals surface area contributed by atoms with Crippen LogP contribution >= 0.6 is 13.5 Å². The molecular weight excluding hydrogens is 442 g/mol. The van der Waals surface area contributed by atoms with Crippen molar-refractivity contribution >= 4 is 42.1 Å². The summed E-state index contributed by atoms with van der Waals surface area (Å²) in [5.74, 6) is -0.457. The Balaban J connectivity index is 0.00000306. The molecule has 33 heavy (non-hydrogen) atoms. The Hall–Kier alpha value is -3.92. The predicted molar refractivity (Wildman–Crippen MR) is 129 cm³/mol. The van der Waals surface area contributed by atoms with Crippen LogP contribution in [-0.4, -0.2) is 45.5 Å². The summed E-state index contributed by atoms with van der Waals surface area (Å²) in [5.41, 5.74) is 2.85. The number of fused-ring (bicyclic) bond motifs is 1. The molecule has 10 heteroatoms. The molecule has 0 saturated heterocycles. The third-order valence-electron chi connectivity index (χ3n) is 5.13. The van der Waals surface area contributed by atoms with E-state index in [1.165, 1.54) is 12.4 Å². The minimum absolute atomic E-state index is 0. The molecule has 0 bridgehead atoms. The van der Waals surface area contributed by atoms with Gasteiger partial charge in [0.15, 0.2) is 5.76 Å². The molecular formula is C23H23N5O4S. The van der Waals surface area contributed by atoms with Gasteiger partial charge in [-0.15, -0.1) is 0 Å². The lowest BCUT2D eigenvalue weighted by Crippen LogP contribution is -2.18. The van der Waals surface area contributed by atoms with Crippen LogP contribution in [0.15, 0.2) is 59.4 Å². The number of aromatic carboxylic acids is 1. The quantitative estimate of drug-likeness (QED) is 0.377. The number of nitrogens with zero attached hydrogens (tertiary/aromatic N) is 3. The van der Waals surface area contributed by atoms with Gasteiger partial charge in [0, 0.05) is 37.2 Å². The maximum Gasteiger partial charge on any atom is 0.371 e. The number of aromatic nitrogens is 3. The second-order valence-electron chi connectivity index (χ2n) is 7.22. The van der Waals surface area contributed by atoms with Crippen molar-refractivity contribution in [1.82, 2.24) is 20.3 Å². The number of carboxylic acids is 1. The fourth-order valence-corrected chi connectivity index (χ4v) is 3.48. The number of nitrogens with one attached hydrogen (secondary N) is 2. The Kier molecular flexibility index (Phi) is 7.29. The molecule has 0 spiro atoms. The number of carbonyl (C=O) groups is 2. The van der Waals surface area contributed by atoms with Crippen LogP contribution in [0.4, 0.5) is 5.82 Å². The second kappa shape index (κ2) is 10.1. The number of amides is 1. The van der Waals surface area contributed by atoms with Crippen LogP contribution in [0.2, 0.25) is 0 Å². The van der Waals surface area contributed by atoms with Crippen LogP contribution in [0.25, 0.3) is 22.4 Å². The lowest BCUT2D eigenvalue weighted by atomic mass is 9.96. The third-order valence-corrected chi connectivity index (χ3v) is 5.13. The zero-order valence-corrected chi connectivity index (χ0v) is 19.0. The maximum atomic E-state index is 12.2. The van der Waals surface area contributed by atoms with E-state index < -0.39 is 5.97 Å². The summed E-state index contributed by atoms with van der Waals surface area (Å²) in [6.45, 7) is 2.61. The van der Waals surface area contributed by atoms with Crippen molar-refractivity contribution in [2.45, 2.75) is 12.8 Å². The number of benzene rings is 1. The van der Waals surface area contributed by atoms with Crippen LogP contribution in [0, 0.1) is 0 Å². The number of carboxylic acid groups (broad SMARTS) is 1. The van der Waals surface area contributed by atoms with E-state index in [-0.39, 0.29) is 31.1 Å². The van der Waals surface area contributed by atoms with Gasteiger partial charge in [-0.3, -0.25) is 9.78 Å². The van der Waals surface area contributed by atoms with E-state index in [1.54, 1.807) is 31.4 Å². The van der Waals surface area contributed by atoms with Gasteiger partial charge >= 0.3 is 5.97 Å². The minimum atomic E-state index is -1.14. The Bertz CT molecular complexity index is 1310. The molecule has 1 aromatic carbocycles. The number of hydrogen-bond acceptors (Lipinski definition) is 7. The van der Waals surface area contributed by atoms with E-state index in [0.29, 0.717) is 29.4 Å². The van der Waals surface area contributed by atoms with Crippen molar-refractivity contribution < 1.29 is 19.1 Å². The molecule has 3 aromatic heterocycles. The summed E-state index contributed by atoms with van der Waals surface area (Å²) in [6, 6.07) is 12.2. The summed E-state index contributed by atoms with van der Waals surface area (Å²) < 4.78 is 5.31. The van der Waals surface area contributed by atoms with E-state index in [4.69, 9.17) is 9.52 Å². The first-order chi connectivity index (χ1) is 15.5. The Morgan fingerprint density at radius 3 is 2.67 bits per heavy atom. The topological polar surface area (TPSA) is 130 Å².